The molecule has 0 saturated heterocycles. The zero-order valence-electron chi connectivity index (χ0n) is 14.3. The van der Waals surface area contributed by atoms with Crippen LogP contribution in [-0.4, -0.2) is 19.6 Å². The van der Waals surface area contributed by atoms with Crippen LogP contribution in [0.25, 0.3) is 0 Å². The molecule has 0 heterocycles. The summed E-state index contributed by atoms with van der Waals surface area (Å²) in [5.74, 6) is -0.198. The standard InChI is InChI=1S/C18H16ClF3N4O/c1-24-18(25-9-12-3-2-11(8-23)6-15(12)20)26-10-13-7-14(19)4-5-16(13)27-17(21)22/h2-7,17H,9-10H2,1H3,(H2,24,25,26). The number of guanidine groups is 1. The molecule has 2 rings (SSSR count). The smallest absolute Gasteiger partial charge is 0.387 e. The van der Waals surface area contributed by atoms with Gasteiger partial charge in [0.1, 0.15) is 11.6 Å². The first-order chi connectivity index (χ1) is 12.9. The average molecular weight is 397 g/mol. The monoisotopic (exact) mass is 396 g/mol. The molecule has 0 unspecified atom stereocenters. The predicted octanol–water partition coefficient (Wildman–Crippen LogP) is 3.82. The topological polar surface area (TPSA) is 69.4 Å². The van der Waals surface area contributed by atoms with E-state index in [-0.39, 0.29) is 24.4 Å². The van der Waals surface area contributed by atoms with Gasteiger partial charge in [-0.1, -0.05) is 17.7 Å². The third-order valence-electron chi connectivity index (χ3n) is 3.54. The molecule has 9 heteroatoms. The van der Waals surface area contributed by atoms with E-state index in [4.69, 9.17) is 16.9 Å². The number of hydrogen-bond donors (Lipinski definition) is 2. The Hall–Kier alpha value is -2.92. The molecule has 2 aromatic rings. The molecule has 0 fully saturated rings. The SMILES string of the molecule is CN=C(NCc1ccc(C#N)cc1F)NCc1cc(Cl)ccc1OC(F)F. The van der Waals surface area contributed by atoms with Crippen molar-refractivity contribution in [2.75, 3.05) is 7.05 Å². The van der Waals surface area contributed by atoms with Crippen LogP contribution in [0.2, 0.25) is 5.02 Å². The Morgan fingerprint density at radius 2 is 1.89 bits per heavy atom. The second-order valence-electron chi connectivity index (χ2n) is 5.33. The summed E-state index contributed by atoms with van der Waals surface area (Å²) in [5.41, 5.74) is 0.989. The summed E-state index contributed by atoms with van der Waals surface area (Å²) in [6, 6.07) is 10.3. The average Bonchev–Trinajstić information content (AvgIpc) is 2.64. The van der Waals surface area contributed by atoms with Crippen molar-refractivity contribution in [2.24, 2.45) is 4.99 Å². The molecular formula is C18H16ClF3N4O. The molecule has 0 saturated carbocycles. The lowest BCUT2D eigenvalue weighted by Crippen LogP contribution is -2.36. The van der Waals surface area contributed by atoms with Crippen molar-refractivity contribution in [3.05, 3.63) is 63.9 Å². The highest BCUT2D eigenvalue weighted by atomic mass is 35.5. The van der Waals surface area contributed by atoms with Gasteiger partial charge in [-0.2, -0.15) is 14.0 Å². The Balaban J connectivity index is 2.00. The van der Waals surface area contributed by atoms with Gasteiger partial charge in [-0.15, -0.1) is 0 Å². The van der Waals surface area contributed by atoms with Gasteiger partial charge in [-0.25, -0.2) is 4.39 Å². The van der Waals surface area contributed by atoms with Crippen LogP contribution in [0.1, 0.15) is 16.7 Å². The lowest BCUT2D eigenvalue weighted by Gasteiger charge is -2.15. The first-order valence-corrected chi connectivity index (χ1v) is 8.17. The molecular weight excluding hydrogens is 381 g/mol. The zero-order valence-corrected chi connectivity index (χ0v) is 15.0. The Bertz CT molecular complexity index is 868. The second-order valence-corrected chi connectivity index (χ2v) is 5.76. The Kier molecular flexibility index (Phi) is 7.32. The van der Waals surface area contributed by atoms with Gasteiger partial charge in [0, 0.05) is 36.3 Å². The fourth-order valence-corrected chi connectivity index (χ4v) is 2.43. The highest BCUT2D eigenvalue weighted by Gasteiger charge is 2.11. The molecule has 2 N–H and O–H groups in total. The van der Waals surface area contributed by atoms with E-state index in [1.807, 2.05) is 6.07 Å². The van der Waals surface area contributed by atoms with Crippen molar-refractivity contribution in [3.63, 3.8) is 0 Å². The number of ether oxygens (including phenoxy) is 1. The van der Waals surface area contributed by atoms with E-state index in [1.54, 1.807) is 0 Å². The number of benzene rings is 2. The lowest BCUT2D eigenvalue weighted by atomic mass is 10.1. The summed E-state index contributed by atoms with van der Waals surface area (Å²) in [7, 11) is 1.51. The van der Waals surface area contributed by atoms with Crippen LogP contribution in [0.5, 0.6) is 5.75 Å². The summed E-state index contributed by atoms with van der Waals surface area (Å²) >= 11 is 5.90. The first kappa shape index (κ1) is 20.4. The molecule has 27 heavy (non-hydrogen) atoms. The molecule has 0 radical (unpaired) electrons. The maximum Gasteiger partial charge on any atom is 0.387 e. The van der Waals surface area contributed by atoms with Crippen LogP contribution in [0.15, 0.2) is 41.4 Å². The van der Waals surface area contributed by atoms with Gasteiger partial charge in [0.2, 0.25) is 0 Å². The first-order valence-electron chi connectivity index (χ1n) is 7.79. The van der Waals surface area contributed by atoms with E-state index in [2.05, 4.69) is 20.4 Å². The van der Waals surface area contributed by atoms with Gasteiger partial charge in [0.25, 0.3) is 0 Å². The zero-order chi connectivity index (χ0) is 19.8. The molecule has 0 aliphatic carbocycles. The van der Waals surface area contributed by atoms with E-state index in [0.717, 1.165) is 6.07 Å². The number of hydrogen-bond acceptors (Lipinski definition) is 3. The van der Waals surface area contributed by atoms with E-state index in [9.17, 15) is 13.2 Å². The van der Waals surface area contributed by atoms with Crippen molar-refractivity contribution in [1.82, 2.24) is 10.6 Å². The maximum absolute atomic E-state index is 13.9. The van der Waals surface area contributed by atoms with Crippen LogP contribution >= 0.6 is 11.6 Å². The number of nitriles is 1. The maximum atomic E-state index is 13.9. The summed E-state index contributed by atoms with van der Waals surface area (Å²) in [6.45, 7) is -2.73. The van der Waals surface area contributed by atoms with Crippen molar-refractivity contribution in [3.8, 4) is 11.8 Å². The number of alkyl halides is 2. The minimum absolute atomic E-state index is 0.00418. The van der Waals surface area contributed by atoms with Gasteiger partial charge < -0.3 is 15.4 Å². The fraction of sp³-hybridized carbons (Fsp3) is 0.222. The molecule has 0 aliphatic rings. The molecule has 0 aliphatic heterocycles. The largest absolute Gasteiger partial charge is 0.434 e. The van der Waals surface area contributed by atoms with Gasteiger partial charge in [-0.05, 0) is 30.3 Å². The third kappa shape index (κ3) is 6.08. The van der Waals surface area contributed by atoms with Crippen molar-refractivity contribution < 1.29 is 17.9 Å². The summed E-state index contributed by atoms with van der Waals surface area (Å²) in [5, 5.41) is 14.9. The van der Waals surface area contributed by atoms with Crippen molar-refractivity contribution in [2.45, 2.75) is 19.7 Å². The van der Waals surface area contributed by atoms with Crippen LogP contribution < -0.4 is 15.4 Å². The normalized spacial score (nSPS) is 11.2. The summed E-state index contributed by atoms with van der Waals surface area (Å²) < 4.78 is 43.4. The van der Waals surface area contributed by atoms with Gasteiger partial charge in [0.05, 0.1) is 11.6 Å². The van der Waals surface area contributed by atoms with E-state index in [0.29, 0.717) is 22.1 Å². The van der Waals surface area contributed by atoms with Crippen LogP contribution in [-0.2, 0) is 13.1 Å². The molecule has 0 spiro atoms. The Morgan fingerprint density at radius 1 is 1.19 bits per heavy atom. The minimum atomic E-state index is -2.96. The van der Waals surface area contributed by atoms with E-state index in [1.165, 1.54) is 37.4 Å². The highest BCUT2D eigenvalue weighted by molar-refractivity contribution is 6.30. The highest BCUT2D eigenvalue weighted by Crippen LogP contribution is 2.24. The van der Waals surface area contributed by atoms with E-state index >= 15 is 0 Å². The molecule has 2 aromatic carbocycles. The summed E-state index contributed by atoms with van der Waals surface area (Å²) in [4.78, 5) is 3.99. The van der Waals surface area contributed by atoms with Crippen LogP contribution in [0.4, 0.5) is 13.2 Å². The summed E-state index contributed by atoms with van der Waals surface area (Å²) in [6.07, 6.45) is 0. The Labute approximate surface area is 159 Å². The number of nitrogens with one attached hydrogen (secondary N) is 2. The molecule has 5 nitrogen and oxygen atoms in total. The predicted molar refractivity (Wildman–Crippen MR) is 96.2 cm³/mol. The fourth-order valence-electron chi connectivity index (χ4n) is 2.24. The molecule has 142 valence electrons. The third-order valence-corrected chi connectivity index (χ3v) is 3.77. The van der Waals surface area contributed by atoms with Gasteiger partial charge in [-0.3, -0.25) is 4.99 Å². The van der Waals surface area contributed by atoms with E-state index < -0.39 is 12.4 Å². The van der Waals surface area contributed by atoms with Crippen LogP contribution in [0.3, 0.4) is 0 Å². The molecule has 0 atom stereocenters. The molecule has 0 bridgehead atoms. The molecule has 0 aromatic heterocycles. The number of halogens is 4. The number of aliphatic imine (C=N–C) groups is 1. The minimum Gasteiger partial charge on any atom is -0.434 e. The van der Waals surface area contributed by atoms with Crippen molar-refractivity contribution in [1.29, 1.82) is 5.26 Å². The van der Waals surface area contributed by atoms with Crippen LogP contribution in [0, 0.1) is 17.1 Å². The van der Waals surface area contributed by atoms with Crippen molar-refractivity contribution >= 4 is 17.6 Å². The van der Waals surface area contributed by atoms with Gasteiger partial charge >= 0.3 is 6.61 Å². The second kappa shape index (κ2) is 9.69. The lowest BCUT2D eigenvalue weighted by molar-refractivity contribution is -0.0504. The Morgan fingerprint density at radius 3 is 2.48 bits per heavy atom. The molecule has 0 amide bonds. The quantitative estimate of drug-likeness (QED) is 0.575. The van der Waals surface area contributed by atoms with Gasteiger partial charge in [0.15, 0.2) is 5.96 Å². The number of nitrogens with zero attached hydrogens (tertiary/aromatic N) is 2. The number of rotatable bonds is 6.